The minimum absolute atomic E-state index is 1.07. The van der Waals surface area contributed by atoms with E-state index in [1.54, 1.807) is 13.3 Å². The first-order chi connectivity index (χ1) is 7.31. The van der Waals surface area contributed by atoms with Crippen molar-refractivity contribution in [3.05, 3.63) is 54.1 Å². The number of aryl methyl sites for hydroxylation is 1. The monoisotopic (exact) mass is 199 g/mol. The molecule has 0 radical (unpaired) electrons. The van der Waals surface area contributed by atoms with Crippen LogP contribution < -0.4 is 0 Å². The van der Waals surface area contributed by atoms with Gasteiger partial charge in [0.2, 0.25) is 0 Å². The van der Waals surface area contributed by atoms with Crippen LogP contribution >= 0.6 is 0 Å². The summed E-state index contributed by atoms with van der Waals surface area (Å²) in [6.07, 6.45) is 6.67. The van der Waals surface area contributed by atoms with Crippen molar-refractivity contribution in [3.63, 3.8) is 0 Å². The molecule has 0 aliphatic rings. The van der Waals surface area contributed by atoms with Gasteiger partial charge in [0, 0.05) is 13.3 Å². The summed E-state index contributed by atoms with van der Waals surface area (Å²) < 4.78 is 0. The molecule has 1 nitrogen and oxygen atoms in total. The average Bonchev–Trinajstić information content (AvgIpc) is 2.31. The fraction of sp³-hybridized carbons (Fsp3) is 0.214. The van der Waals surface area contributed by atoms with E-state index in [-0.39, 0.29) is 0 Å². The van der Waals surface area contributed by atoms with E-state index in [0.29, 0.717) is 0 Å². The van der Waals surface area contributed by atoms with Gasteiger partial charge in [0.25, 0.3) is 0 Å². The fourth-order valence-electron chi connectivity index (χ4n) is 1.37. The third-order valence-electron chi connectivity index (χ3n) is 2.32. The fourth-order valence-corrected chi connectivity index (χ4v) is 1.37. The second-order valence-corrected chi connectivity index (χ2v) is 3.28. The van der Waals surface area contributed by atoms with Gasteiger partial charge in [0.15, 0.2) is 0 Å². The molecule has 0 heterocycles. The molecule has 0 saturated carbocycles. The smallest absolute Gasteiger partial charge is 0.0277 e. The Labute approximate surface area is 91.9 Å². The predicted octanol–water partition coefficient (Wildman–Crippen LogP) is 3.52. The van der Waals surface area contributed by atoms with Gasteiger partial charge in [0.05, 0.1) is 0 Å². The highest BCUT2D eigenvalue weighted by Gasteiger charge is 1.96. The van der Waals surface area contributed by atoms with Crippen LogP contribution in [0.1, 0.15) is 18.1 Å². The third-order valence-corrected chi connectivity index (χ3v) is 2.32. The molecule has 0 aromatic heterocycles. The molecule has 1 aromatic rings. The molecule has 0 atom stereocenters. The Morgan fingerprint density at radius 1 is 1.33 bits per heavy atom. The van der Waals surface area contributed by atoms with Crippen LogP contribution in [0.15, 0.2) is 48.0 Å². The van der Waals surface area contributed by atoms with Crippen LogP contribution in [0.5, 0.6) is 0 Å². The molecule has 1 rings (SSSR count). The van der Waals surface area contributed by atoms with Gasteiger partial charge in [-0.25, -0.2) is 0 Å². The van der Waals surface area contributed by atoms with Crippen molar-refractivity contribution in [1.29, 1.82) is 0 Å². The van der Waals surface area contributed by atoms with Crippen molar-refractivity contribution in [2.75, 3.05) is 7.05 Å². The van der Waals surface area contributed by atoms with E-state index in [4.69, 9.17) is 0 Å². The Morgan fingerprint density at radius 2 is 2.00 bits per heavy atom. The average molecular weight is 199 g/mol. The van der Waals surface area contributed by atoms with E-state index in [1.807, 2.05) is 12.2 Å². The van der Waals surface area contributed by atoms with Crippen molar-refractivity contribution < 1.29 is 0 Å². The molecule has 0 N–H and O–H groups in total. The molecule has 0 aliphatic heterocycles. The summed E-state index contributed by atoms with van der Waals surface area (Å²) in [6, 6.07) is 8.54. The minimum atomic E-state index is 1.07. The van der Waals surface area contributed by atoms with Crippen molar-refractivity contribution in [2.45, 2.75) is 13.3 Å². The van der Waals surface area contributed by atoms with Crippen molar-refractivity contribution >= 4 is 11.8 Å². The van der Waals surface area contributed by atoms with Crippen LogP contribution in [0.4, 0.5) is 0 Å². The number of nitrogens with zero attached hydrogens (tertiary/aromatic N) is 1. The minimum Gasteiger partial charge on any atom is -0.296 e. The zero-order chi connectivity index (χ0) is 11.1. The summed E-state index contributed by atoms with van der Waals surface area (Å²) in [7, 11) is 1.76. The first-order valence-corrected chi connectivity index (χ1v) is 5.16. The lowest BCUT2D eigenvalue weighted by Crippen LogP contribution is -1.84. The van der Waals surface area contributed by atoms with Crippen LogP contribution in [0.2, 0.25) is 0 Å². The highest BCUT2D eigenvalue weighted by molar-refractivity contribution is 5.88. The summed E-state index contributed by atoms with van der Waals surface area (Å²) in [5, 5.41) is 0. The largest absolute Gasteiger partial charge is 0.296 e. The molecule has 0 aliphatic carbocycles. The summed E-state index contributed by atoms with van der Waals surface area (Å²) in [6.45, 7) is 5.96. The van der Waals surface area contributed by atoms with E-state index in [1.165, 1.54) is 11.1 Å². The van der Waals surface area contributed by atoms with Gasteiger partial charge >= 0.3 is 0 Å². The second-order valence-electron chi connectivity index (χ2n) is 3.28. The molecular formula is C14H17N. The molecule has 0 amide bonds. The second kappa shape index (κ2) is 5.97. The number of aliphatic imine (C=N–C) groups is 1. The van der Waals surface area contributed by atoms with Crippen molar-refractivity contribution in [3.8, 4) is 0 Å². The lowest BCUT2D eigenvalue weighted by atomic mass is 10.0. The van der Waals surface area contributed by atoms with Crippen molar-refractivity contribution in [1.82, 2.24) is 0 Å². The predicted molar refractivity (Wildman–Crippen MR) is 68.4 cm³/mol. The highest BCUT2D eigenvalue weighted by atomic mass is 14.6. The first-order valence-electron chi connectivity index (χ1n) is 5.16. The molecule has 15 heavy (non-hydrogen) atoms. The molecule has 0 fully saturated rings. The highest BCUT2D eigenvalue weighted by Crippen LogP contribution is 2.15. The molecule has 1 aromatic carbocycles. The quantitative estimate of drug-likeness (QED) is 0.519. The molecule has 1 heteroatoms. The van der Waals surface area contributed by atoms with Crippen LogP contribution in [0.3, 0.4) is 0 Å². The first kappa shape index (κ1) is 11.4. The third kappa shape index (κ3) is 3.21. The van der Waals surface area contributed by atoms with E-state index >= 15 is 0 Å². The Kier molecular flexibility index (Phi) is 4.55. The van der Waals surface area contributed by atoms with E-state index < -0.39 is 0 Å². The Morgan fingerprint density at radius 3 is 2.47 bits per heavy atom. The Hall–Kier alpha value is -1.63. The van der Waals surface area contributed by atoms with Gasteiger partial charge in [-0.05, 0) is 29.2 Å². The van der Waals surface area contributed by atoms with Crippen molar-refractivity contribution in [2.24, 2.45) is 4.99 Å². The number of hydrogen-bond acceptors (Lipinski definition) is 1. The summed E-state index contributed by atoms with van der Waals surface area (Å²) in [5.74, 6) is 0. The zero-order valence-electron chi connectivity index (χ0n) is 9.40. The topological polar surface area (TPSA) is 12.4 Å². The van der Waals surface area contributed by atoms with Gasteiger partial charge in [-0.3, -0.25) is 4.99 Å². The molecule has 0 unspecified atom stereocenters. The summed E-state index contributed by atoms with van der Waals surface area (Å²) >= 11 is 0. The molecule has 0 bridgehead atoms. The Bertz CT molecular complexity index is 369. The number of allylic oxidation sites excluding steroid dienone is 3. The lowest BCUT2D eigenvalue weighted by molar-refractivity contribution is 1.14. The maximum atomic E-state index is 3.93. The van der Waals surface area contributed by atoms with Gasteiger partial charge in [-0.2, -0.15) is 0 Å². The van der Waals surface area contributed by atoms with Crippen LogP contribution in [0.25, 0.3) is 5.57 Å². The maximum Gasteiger partial charge on any atom is 0.0277 e. The number of rotatable bonds is 4. The summed E-state index contributed by atoms with van der Waals surface area (Å²) in [4.78, 5) is 3.93. The van der Waals surface area contributed by atoms with E-state index in [9.17, 15) is 0 Å². The number of benzene rings is 1. The summed E-state index contributed by atoms with van der Waals surface area (Å²) in [5.41, 5.74) is 3.64. The Balaban J connectivity index is 2.97. The SMILES string of the molecule is C=C/C(=C\C=NC)c1ccc(CC)cc1. The standard InChI is InChI=1S/C14H17N/c1-4-12-6-8-14(9-7-12)13(5-2)10-11-15-3/h5-11H,2,4H2,1,3H3/b13-10+,15-11?. The lowest BCUT2D eigenvalue weighted by Gasteiger charge is -2.02. The van der Waals surface area contributed by atoms with E-state index in [0.717, 1.165) is 12.0 Å². The van der Waals surface area contributed by atoms with Gasteiger partial charge in [-0.15, -0.1) is 0 Å². The van der Waals surface area contributed by atoms with Gasteiger partial charge in [0.1, 0.15) is 0 Å². The molecule has 0 saturated heterocycles. The number of hydrogen-bond donors (Lipinski definition) is 0. The van der Waals surface area contributed by atoms with Crippen LogP contribution in [0, 0.1) is 0 Å². The van der Waals surface area contributed by atoms with E-state index in [2.05, 4.69) is 42.8 Å². The van der Waals surface area contributed by atoms with Gasteiger partial charge in [-0.1, -0.05) is 43.8 Å². The van der Waals surface area contributed by atoms with Crippen LogP contribution in [-0.2, 0) is 6.42 Å². The normalized spacial score (nSPS) is 12.0. The molecular weight excluding hydrogens is 182 g/mol. The van der Waals surface area contributed by atoms with Crippen LogP contribution in [-0.4, -0.2) is 13.3 Å². The molecule has 78 valence electrons. The molecule has 0 spiro atoms. The van der Waals surface area contributed by atoms with Gasteiger partial charge < -0.3 is 0 Å². The maximum absolute atomic E-state index is 3.93. The zero-order valence-corrected chi connectivity index (χ0v) is 9.40.